The van der Waals surface area contributed by atoms with E-state index < -0.39 is 0 Å². The number of anilines is 2. The zero-order valence-electron chi connectivity index (χ0n) is 46.3. The van der Waals surface area contributed by atoms with Gasteiger partial charge in [0.1, 0.15) is 11.6 Å². The van der Waals surface area contributed by atoms with Crippen LogP contribution in [0.25, 0.3) is 34.4 Å². The summed E-state index contributed by atoms with van der Waals surface area (Å²) in [5.41, 5.74) is 13.8. The molecule has 16 heterocycles. The third-order valence-electron chi connectivity index (χ3n) is 15.0. The van der Waals surface area contributed by atoms with Gasteiger partial charge in [0.2, 0.25) is 0 Å². The minimum atomic E-state index is 0.530. The van der Waals surface area contributed by atoms with Gasteiger partial charge >= 0.3 is 0 Å². The molecule has 10 aromatic rings. The highest BCUT2D eigenvalue weighted by atomic mass is 16.1. The van der Waals surface area contributed by atoms with Crippen molar-refractivity contribution in [3.8, 4) is 34.4 Å². The number of pyridine rings is 4. The van der Waals surface area contributed by atoms with E-state index in [9.17, 15) is 4.79 Å². The Kier molecular flexibility index (Phi) is 14.8. The maximum absolute atomic E-state index is 10.4. The standard InChI is InChI=1S/C30H32N10.C20H23N7.C10H9N3O/c1-19-12-33-40(15-19)29-6-4-22(13-31-29)16-39-26-11-27(39)18-38(17-26)28-7-5-23(14-32-28)30-34-20(2)8-24(35-30)10-25-9-21(3)36-37-25;1-12-5-15(7-16-6-13(2)25-26-16)24-20(22-12)14-3-4-19(21-9-14)27-10-17-8-18(11-27)23-17;1-8-4-12-13(6-8)10-3-2-9(7-14)5-11-10/h4-9,12-15,26-27H,10-11,16-18H2,1-3H3,(H,36,37);3-6,9,17-18,23H,7-8,10-11H2,1-2H3,(H,25,26);2-7H,1H3. The van der Waals surface area contributed by atoms with E-state index >= 15 is 0 Å². The lowest BCUT2D eigenvalue weighted by atomic mass is 9.87. The van der Waals surface area contributed by atoms with Crippen molar-refractivity contribution in [2.75, 3.05) is 36.0 Å². The van der Waals surface area contributed by atoms with Crippen LogP contribution in [0.15, 0.2) is 122 Å². The minimum Gasteiger partial charge on any atom is -0.353 e. The Morgan fingerprint density at radius 3 is 1.43 bits per heavy atom. The van der Waals surface area contributed by atoms with Gasteiger partial charge in [-0.15, -0.1) is 0 Å². The largest absolute Gasteiger partial charge is 0.353 e. The lowest BCUT2D eigenvalue weighted by Crippen LogP contribution is -2.68. The van der Waals surface area contributed by atoms with E-state index in [0.29, 0.717) is 54.2 Å². The molecule has 6 fully saturated rings. The van der Waals surface area contributed by atoms with Crippen LogP contribution in [0.1, 0.15) is 85.4 Å². The number of aldehydes is 1. The number of carbonyl (C=O) groups is 1. The molecule has 16 rings (SSSR count). The molecule has 21 heteroatoms. The number of aryl methyl sites for hydroxylation is 6. The van der Waals surface area contributed by atoms with Gasteiger partial charge in [0.05, 0.1) is 35.2 Å². The molecule has 6 aliphatic heterocycles. The molecule has 0 spiro atoms. The Hall–Kier alpha value is -9.21. The quantitative estimate of drug-likeness (QED) is 0.0966. The fourth-order valence-corrected chi connectivity index (χ4v) is 11.0. The lowest BCUT2D eigenvalue weighted by Gasteiger charge is -2.56. The summed E-state index contributed by atoms with van der Waals surface area (Å²) >= 11 is 0. The van der Waals surface area contributed by atoms with E-state index in [1.807, 2.05) is 114 Å². The van der Waals surface area contributed by atoms with Gasteiger partial charge in [0.15, 0.2) is 29.6 Å². The van der Waals surface area contributed by atoms with E-state index in [0.717, 1.165) is 130 Å². The Morgan fingerprint density at radius 2 is 1.01 bits per heavy atom. The number of H-pyrrole nitrogens is 2. The van der Waals surface area contributed by atoms with Crippen molar-refractivity contribution < 1.29 is 4.79 Å². The number of aromatic amines is 2. The summed E-state index contributed by atoms with van der Waals surface area (Å²) in [6.45, 7) is 17.0. The van der Waals surface area contributed by atoms with E-state index in [4.69, 9.17) is 15.0 Å². The van der Waals surface area contributed by atoms with Crippen molar-refractivity contribution in [2.45, 2.75) is 97.9 Å². The van der Waals surface area contributed by atoms with Gasteiger partial charge in [0.25, 0.3) is 0 Å². The third kappa shape index (κ3) is 12.3. The van der Waals surface area contributed by atoms with Gasteiger partial charge in [-0.3, -0.25) is 19.9 Å². The number of aromatic nitrogens is 16. The van der Waals surface area contributed by atoms with Crippen molar-refractivity contribution in [3.05, 3.63) is 190 Å². The van der Waals surface area contributed by atoms with E-state index in [1.54, 1.807) is 23.0 Å². The van der Waals surface area contributed by atoms with Crippen LogP contribution >= 0.6 is 0 Å². The predicted molar refractivity (Wildman–Crippen MR) is 307 cm³/mol. The summed E-state index contributed by atoms with van der Waals surface area (Å²) in [4.78, 5) is 54.8. The average molecular weight is 1080 g/mol. The number of fused-ring (bicyclic) bond motifs is 4. The molecule has 6 aliphatic rings. The molecule has 4 bridgehead atoms. The molecule has 4 atom stereocenters. The molecule has 0 radical (unpaired) electrons. The number of hydrogen-bond acceptors (Lipinski definition) is 17. The minimum absolute atomic E-state index is 0.530. The first kappa shape index (κ1) is 52.5. The van der Waals surface area contributed by atoms with Crippen molar-refractivity contribution in [1.82, 2.24) is 90.0 Å². The van der Waals surface area contributed by atoms with Crippen LogP contribution in [0.5, 0.6) is 0 Å². The van der Waals surface area contributed by atoms with E-state index in [1.165, 1.54) is 24.6 Å². The zero-order chi connectivity index (χ0) is 55.6. The van der Waals surface area contributed by atoms with Crippen molar-refractivity contribution in [3.63, 3.8) is 0 Å². The second-order valence-corrected chi connectivity index (χ2v) is 21.7. The van der Waals surface area contributed by atoms with Gasteiger partial charge in [-0.25, -0.2) is 49.2 Å². The summed E-state index contributed by atoms with van der Waals surface area (Å²) < 4.78 is 3.49. The normalized spacial score (nSPS) is 18.0. The van der Waals surface area contributed by atoms with Crippen LogP contribution < -0.4 is 15.1 Å². The highest BCUT2D eigenvalue weighted by molar-refractivity contribution is 5.74. The first-order chi connectivity index (χ1) is 39.4. The van der Waals surface area contributed by atoms with Crippen LogP contribution in [0.4, 0.5) is 11.6 Å². The second kappa shape index (κ2) is 22.9. The van der Waals surface area contributed by atoms with Crippen LogP contribution in [-0.4, -0.2) is 141 Å². The van der Waals surface area contributed by atoms with Gasteiger partial charge in [0, 0.05) is 146 Å². The number of rotatable bonds is 13. The molecular weight excluding hydrogens is 1020 g/mol. The van der Waals surface area contributed by atoms with Gasteiger partial charge in [-0.05, 0) is 138 Å². The Labute approximate surface area is 469 Å². The molecule has 81 heavy (non-hydrogen) atoms. The van der Waals surface area contributed by atoms with Crippen molar-refractivity contribution >= 4 is 17.9 Å². The Balaban J connectivity index is 0.000000136. The third-order valence-corrected chi connectivity index (χ3v) is 15.0. The van der Waals surface area contributed by atoms with Gasteiger partial charge in [-0.1, -0.05) is 6.07 Å². The number of hydrogen-bond donors (Lipinski definition) is 3. The highest BCUT2D eigenvalue weighted by Crippen LogP contribution is 2.36. The van der Waals surface area contributed by atoms with Crippen LogP contribution in [0.2, 0.25) is 0 Å². The van der Waals surface area contributed by atoms with Crippen LogP contribution in [0.3, 0.4) is 0 Å². The molecule has 4 unspecified atom stereocenters. The van der Waals surface area contributed by atoms with Gasteiger partial charge in [-0.2, -0.15) is 20.4 Å². The maximum atomic E-state index is 10.4. The van der Waals surface area contributed by atoms with E-state index in [-0.39, 0.29) is 0 Å². The smallest absolute Gasteiger partial charge is 0.161 e. The molecule has 0 saturated carbocycles. The summed E-state index contributed by atoms with van der Waals surface area (Å²) in [6.07, 6.45) is 19.4. The number of carbonyl (C=O) groups excluding carboxylic acids is 1. The molecule has 6 saturated heterocycles. The molecule has 21 nitrogen and oxygen atoms in total. The molecule has 0 aromatic carbocycles. The highest BCUT2D eigenvalue weighted by Gasteiger charge is 2.44. The molecule has 3 N–H and O–H groups in total. The van der Waals surface area contributed by atoms with Crippen LogP contribution in [0, 0.1) is 41.5 Å². The molecular formula is C60H64N20O. The van der Waals surface area contributed by atoms with Crippen molar-refractivity contribution in [1.29, 1.82) is 0 Å². The zero-order valence-corrected chi connectivity index (χ0v) is 46.3. The molecule has 10 aromatic heterocycles. The molecule has 410 valence electrons. The Morgan fingerprint density at radius 1 is 0.519 bits per heavy atom. The van der Waals surface area contributed by atoms with Gasteiger partial charge < -0.3 is 15.1 Å². The summed E-state index contributed by atoms with van der Waals surface area (Å²) in [7, 11) is 0. The van der Waals surface area contributed by atoms with Crippen LogP contribution in [-0.2, 0) is 19.4 Å². The topological polar surface area (TPSA) is 235 Å². The molecule has 0 aliphatic carbocycles. The molecule has 0 amide bonds. The number of nitrogens with zero attached hydrogens (tertiary/aromatic N) is 17. The fourth-order valence-electron chi connectivity index (χ4n) is 11.0. The first-order valence-corrected chi connectivity index (χ1v) is 27.4. The lowest BCUT2D eigenvalue weighted by molar-refractivity contribution is -0.00875. The summed E-state index contributed by atoms with van der Waals surface area (Å²) in [5.74, 6) is 5.04. The summed E-state index contributed by atoms with van der Waals surface area (Å²) in [5, 5.41) is 26.7. The number of piperidine rings is 2. The average Bonchev–Trinajstić information content (AvgIpc) is 4.40. The monoisotopic (exact) mass is 1080 g/mol. The van der Waals surface area contributed by atoms with E-state index in [2.05, 4.69) is 106 Å². The first-order valence-electron chi connectivity index (χ1n) is 27.4. The number of piperazine rings is 2. The predicted octanol–water partition coefficient (Wildman–Crippen LogP) is 7.23. The summed E-state index contributed by atoms with van der Waals surface area (Å²) in [6, 6.07) is 26.5. The maximum Gasteiger partial charge on any atom is 0.161 e. The SMILES string of the molecule is Cc1cc(Cc2cc(C)[nH]n2)nc(-c2ccc(N3CC4CC(C3)N4)nc2)n1.Cc1cnn(-c2ccc(C=O)cn2)c1.Cc1cnn(-c2ccc(CN3C4CC3CN(c3ccc(-c5nc(C)cc(Cc6cc(C)[nH]n6)n5)cn3)C4)cn2)c1. The second-order valence-electron chi connectivity index (χ2n) is 21.7. The van der Waals surface area contributed by atoms with Crippen molar-refractivity contribution in [2.24, 2.45) is 0 Å². The Bertz CT molecular complexity index is 3740. The fraction of sp³-hybridized carbons (Fsp3) is 0.317. The number of nitrogens with one attached hydrogen (secondary N) is 3.